The smallest absolute Gasteiger partial charge is 0.187 e. The molecule has 0 radical (unpaired) electrons. The maximum atomic E-state index is 11.3. The third kappa shape index (κ3) is 8.44. The Labute approximate surface area is 274 Å². The maximum absolute atomic E-state index is 11.3. The standard InChI is InChI=1S/C27H49NO20/c1-2-3-40-22-16(35)10(5-30)42-26(18(22)37)46-23-17(36)11(6-31)43-27(19(23)38)47-24-20(39)25(44-12(7-32)21(24)48-28)45-13-8-41-9(4-29)14(33)15(13)34/h9-27,29-39H,2-8,28H2,1H3/t9?,10?,11?,12?,13-,14+,15?,16+,17+,18?,19+,20?,21+,22-,23?,24+,25+,26+,27+/m0/s1. The first-order valence-corrected chi connectivity index (χ1v) is 15.7. The average molecular weight is 708 g/mol. The molecule has 4 fully saturated rings. The summed E-state index contributed by atoms with van der Waals surface area (Å²) in [5, 5.41) is 115. The van der Waals surface area contributed by atoms with Crippen molar-refractivity contribution in [2.75, 3.05) is 39.6 Å². The molecule has 4 heterocycles. The van der Waals surface area contributed by atoms with E-state index in [1.807, 2.05) is 0 Å². The van der Waals surface area contributed by atoms with Gasteiger partial charge in [0, 0.05) is 6.61 Å². The summed E-state index contributed by atoms with van der Waals surface area (Å²) in [6.07, 6.45) is -29.2. The predicted molar refractivity (Wildman–Crippen MR) is 150 cm³/mol. The molecule has 0 saturated carbocycles. The highest BCUT2D eigenvalue weighted by Crippen LogP contribution is 2.34. The molecule has 21 nitrogen and oxygen atoms in total. The van der Waals surface area contributed by atoms with Gasteiger partial charge >= 0.3 is 0 Å². The Bertz CT molecular complexity index is 957. The fourth-order valence-electron chi connectivity index (χ4n) is 6.03. The molecule has 0 bridgehead atoms. The lowest BCUT2D eigenvalue weighted by Gasteiger charge is -2.49. The van der Waals surface area contributed by atoms with Gasteiger partial charge in [-0.2, -0.15) is 0 Å². The largest absolute Gasteiger partial charge is 0.394 e. The Morgan fingerprint density at radius 3 is 1.56 bits per heavy atom. The fourth-order valence-corrected chi connectivity index (χ4v) is 6.03. The number of hydrogen-bond donors (Lipinski definition) is 12. The molecule has 4 aliphatic rings. The zero-order valence-corrected chi connectivity index (χ0v) is 26.1. The van der Waals surface area contributed by atoms with Crippen LogP contribution < -0.4 is 5.90 Å². The number of ether oxygens (including phenoxy) is 8. The normalized spacial score (nSPS) is 48.8. The van der Waals surface area contributed by atoms with Crippen molar-refractivity contribution in [1.82, 2.24) is 0 Å². The van der Waals surface area contributed by atoms with Crippen molar-refractivity contribution in [1.29, 1.82) is 0 Å². The van der Waals surface area contributed by atoms with Crippen LogP contribution >= 0.6 is 0 Å². The number of hydrogen-bond acceptors (Lipinski definition) is 21. The second-order valence-corrected chi connectivity index (χ2v) is 12.0. The van der Waals surface area contributed by atoms with Crippen molar-refractivity contribution in [3.63, 3.8) is 0 Å². The van der Waals surface area contributed by atoms with Gasteiger partial charge in [-0.15, -0.1) is 0 Å². The quantitative estimate of drug-likeness (QED) is 0.0746. The molecule has 0 aromatic heterocycles. The summed E-state index contributed by atoms with van der Waals surface area (Å²) >= 11 is 0. The SMILES string of the molecule is CCCO[C@@H]1C(O)[C@@H](OC2[C@H](O)C(CO)O[C@H](O[C@@H]3C(O)[C@@H](O[C@H]4COC(CO)[C@@H](O)C4O)OC(CO)[C@H]3ON)[C@@H]2O)OC(CO)[C@H]1O. The highest BCUT2D eigenvalue weighted by Gasteiger charge is 2.55. The molecule has 0 aromatic carbocycles. The first-order chi connectivity index (χ1) is 22.9. The number of aliphatic hydroxyl groups excluding tert-OH is 11. The van der Waals surface area contributed by atoms with E-state index in [2.05, 4.69) is 0 Å². The zero-order valence-electron chi connectivity index (χ0n) is 26.1. The highest BCUT2D eigenvalue weighted by atomic mass is 16.8. The first-order valence-electron chi connectivity index (χ1n) is 15.7. The molecule has 0 amide bonds. The van der Waals surface area contributed by atoms with Crippen LogP contribution in [0.3, 0.4) is 0 Å². The van der Waals surface area contributed by atoms with Gasteiger partial charge in [0.25, 0.3) is 0 Å². The van der Waals surface area contributed by atoms with Gasteiger partial charge in [0.2, 0.25) is 0 Å². The molecule has 48 heavy (non-hydrogen) atoms. The second kappa shape index (κ2) is 18.1. The van der Waals surface area contributed by atoms with E-state index in [1.54, 1.807) is 6.92 Å². The van der Waals surface area contributed by atoms with Crippen molar-refractivity contribution < 1.29 is 98.9 Å². The lowest BCUT2D eigenvalue weighted by Crippen LogP contribution is -2.68. The minimum Gasteiger partial charge on any atom is -0.394 e. The van der Waals surface area contributed by atoms with Crippen LogP contribution in [0.15, 0.2) is 0 Å². The average Bonchev–Trinajstić information content (AvgIpc) is 3.08. The summed E-state index contributed by atoms with van der Waals surface area (Å²) in [6, 6.07) is 0. The van der Waals surface area contributed by atoms with E-state index < -0.39 is 143 Å². The number of nitrogens with two attached hydrogens (primary N) is 1. The molecular formula is C27H49NO20. The summed E-state index contributed by atoms with van der Waals surface area (Å²) < 4.78 is 44.8. The van der Waals surface area contributed by atoms with Gasteiger partial charge in [-0.3, -0.25) is 4.84 Å². The first kappa shape index (κ1) is 39.9. The van der Waals surface area contributed by atoms with Crippen molar-refractivity contribution in [3.05, 3.63) is 0 Å². The van der Waals surface area contributed by atoms with Crippen LogP contribution in [0.4, 0.5) is 0 Å². The van der Waals surface area contributed by atoms with Crippen molar-refractivity contribution in [3.8, 4) is 0 Å². The van der Waals surface area contributed by atoms with Crippen LogP contribution in [0.5, 0.6) is 0 Å². The summed E-state index contributed by atoms with van der Waals surface area (Å²) in [6.45, 7) is -1.31. The summed E-state index contributed by atoms with van der Waals surface area (Å²) in [5.74, 6) is 5.44. The van der Waals surface area contributed by atoms with E-state index in [9.17, 15) is 56.2 Å². The molecule has 13 N–H and O–H groups in total. The van der Waals surface area contributed by atoms with Crippen LogP contribution in [-0.2, 0) is 42.7 Å². The lowest BCUT2D eigenvalue weighted by molar-refractivity contribution is -0.388. The summed E-state index contributed by atoms with van der Waals surface area (Å²) in [7, 11) is 0. The van der Waals surface area contributed by atoms with Crippen LogP contribution in [0.25, 0.3) is 0 Å². The minimum atomic E-state index is -1.95. The summed E-state index contributed by atoms with van der Waals surface area (Å²) in [4.78, 5) is 4.93. The van der Waals surface area contributed by atoms with Crippen LogP contribution in [-0.4, -0.2) is 212 Å². The van der Waals surface area contributed by atoms with E-state index in [0.29, 0.717) is 6.42 Å². The highest BCUT2D eigenvalue weighted by molar-refractivity contribution is 4.98. The molecular weight excluding hydrogens is 658 g/mol. The van der Waals surface area contributed by atoms with Crippen molar-refractivity contribution in [2.24, 2.45) is 5.90 Å². The van der Waals surface area contributed by atoms with E-state index >= 15 is 0 Å². The molecule has 8 unspecified atom stereocenters. The van der Waals surface area contributed by atoms with Crippen LogP contribution in [0, 0.1) is 0 Å². The molecule has 4 aliphatic heterocycles. The van der Waals surface area contributed by atoms with Crippen molar-refractivity contribution in [2.45, 2.75) is 130 Å². The molecule has 0 aliphatic carbocycles. The molecule has 282 valence electrons. The lowest BCUT2D eigenvalue weighted by atomic mass is 9.95. The van der Waals surface area contributed by atoms with Gasteiger partial charge in [-0.25, -0.2) is 5.90 Å². The van der Waals surface area contributed by atoms with E-state index in [-0.39, 0.29) is 13.2 Å². The maximum Gasteiger partial charge on any atom is 0.187 e. The molecule has 21 heteroatoms. The Hall–Kier alpha value is -0.840. The van der Waals surface area contributed by atoms with Gasteiger partial charge in [-0.1, -0.05) is 6.92 Å². The van der Waals surface area contributed by atoms with E-state index in [0.717, 1.165) is 0 Å². The molecule has 19 atom stereocenters. The van der Waals surface area contributed by atoms with Crippen LogP contribution in [0.2, 0.25) is 0 Å². The Morgan fingerprint density at radius 2 is 1.02 bits per heavy atom. The number of aliphatic hydroxyl groups is 11. The third-order valence-corrected chi connectivity index (χ3v) is 8.77. The molecule has 0 spiro atoms. The monoisotopic (exact) mass is 707 g/mol. The Kier molecular flexibility index (Phi) is 15.0. The van der Waals surface area contributed by atoms with E-state index in [4.69, 9.17) is 48.6 Å². The molecule has 0 aromatic rings. The van der Waals surface area contributed by atoms with Gasteiger partial charge in [0.05, 0.1) is 33.0 Å². The Morgan fingerprint density at radius 1 is 0.542 bits per heavy atom. The van der Waals surface area contributed by atoms with Gasteiger partial charge in [-0.05, 0) is 6.42 Å². The van der Waals surface area contributed by atoms with Gasteiger partial charge in [0.15, 0.2) is 18.9 Å². The fraction of sp³-hybridized carbons (Fsp3) is 1.00. The molecule has 4 saturated heterocycles. The van der Waals surface area contributed by atoms with Crippen LogP contribution in [0.1, 0.15) is 13.3 Å². The zero-order chi connectivity index (χ0) is 35.3. The predicted octanol–water partition coefficient (Wildman–Crippen LogP) is -7.73. The Balaban J connectivity index is 1.53. The second-order valence-electron chi connectivity index (χ2n) is 12.0. The molecule has 4 rings (SSSR count). The van der Waals surface area contributed by atoms with Gasteiger partial charge in [0.1, 0.15) is 97.7 Å². The summed E-state index contributed by atoms with van der Waals surface area (Å²) in [5.41, 5.74) is 0. The minimum absolute atomic E-state index is 0.127. The van der Waals surface area contributed by atoms with Gasteiger partial charge < -0.3 is 94.1 Å². The third-order valence-electron chi connectivity index (χ3n) is 8.77. The number of rotatable bonds is 14. The van der Waals surface area contributed by atoms with Crippen molar-refractivity contribution >= 4 is 0 Å². The topological polar surface area (TPSA) is 332 Å². The van der Waals surface area contributed by atoms with E-state index in [1.165, 1.54) is 0 Å².